The Morgan fingerprint density at radius 2 is 1.79 bits per heavy atom. The van der Waals surface area contributed by atoms with Gasteiger partial charge in [-0.25, -0.2) is 4.79 Å². The predicted octanol–water partition coefficient (Wildman–Crippen LogP) is 1.96. The van der Waals surface area contributed by atoms with Crippen LogP contribution in [-0.2, 0) is 26.1 Å². The van der Waals surface area contributed by atoms with Crippen molar-refractivity contribution in [2.75, 3.05) is 14.2 Å². The first kappa shape index (κ1) is 20.4. The van der Waals surface area contributed by atoms with Crippen molar-refractivity contribution in [3.05, 3.63) is 51.6 Å². The highest BCUT2D eigenvalue weighted by Gasteiger charge is 2.44. The number of methoxy groups -OCH3 is 2. The standard InChI is InChI=1S/C21H24N2O6/c1-21(2,3)22-17-15(20(26)28-6)13(19(25)27-5)14-16(29-17)11-9-7-8-10-12(11)23(4)18(14)24/h7-10,13,22H,1-6H3. The fraction of sp³-hybridized carbons (Fsp3) is 0.381. The van der Waals surface area contributed by atoms with Gasteiger partial charge in [0.15, 0.2) is 0 Å². The van der Waals surface area contributed by atoms with Crippen molar-refractivity contribution in [1.29, 1.82) is 0 Å². The summed E-state index contributed by atoms with van der Waals surface area (Å²) in [6, 6.07) is 7.18. The lowest BCUT2D eigenvalue weighted by Crippen LogP contribution is -2.43. The second-order valence-corrected chi connectivity index (χ2v) is 7.79. The topological polar surface area (TPSA) is 95.9 Å². The molecule has 1 N–H and O–H groups in total. The Labute approximate surface area is 168 Å². The minimum atomic E-state index is -1.29. The molecule has 0 saturated heterocycles. The first-order valence-corrected chi connectivity index (χ1v) is 9.08. The lowest BCUT2D eigenvalue weighted by atomic mass is 9.87. The maximum Gasteiger partial charge on any atom is 0.340 e. The summed E-state index contributed by atoms with van der Waals surface area (Å²) in [4.78, 5) is 38.6. The zero-order valence-electron chi connectivity index (χ0n) is 17.3. The lowest BCUT2D eigenvalue weighted by Gasteiger charge is -2.32. The van der Waals surface area contributed by atoms with Gasteiger partial charge in [0.1, 0.15) is 17.2 Å². The first-order valence-electron chi connectivity index (χ1n) is 9.08. The molecular formula is C21H24N2O6. The Kier molecular flexibility index (Phi) is 5.13. The summed E-state index contributed by atoms with van der Waals surface area (Å²) in [5.74, 6) is -2.54. The normalized spacial score (nSPS) is 16.1. The highest BCUT2D eigenvalue weighted by molar-refractivity contribution is 6.02. The Morgan fingerprint density at radius 3 is 2.38 bits per heavy atom. The van der Waals surface area contributed by atoms with Gasteiger partial charge < -0.3 is 24.1 Å². The molecule has 1 aromatic carbocycles. The number of hydrogen-bond acceptors (Lipinski definition) is 7. The van der Waals surface area contributed by atoms with E-state index >= 15 is 0 Å². The van der Waals surface area contributed by atoms with E-state index in [1.807, 2.05) is 20.8 Å². The number of nitrogens with one attached hydrogen (secondary N) is 1. The number of pyridine rings is 1. The Morgan fingerprint density at radius 1 is 1.14 bits per heavy atom. The van der Waals surface area contributed by atoms with Crippen LogP contribution in [0.25, 0.3) is 10.9 Å². The third-order valence-electron chi connectivity index (χ3n) is 4.65. The number of nitrogens with zero attached hydrogens (tertiary/aromatic N) is 1. The molecule has 0 fully saturated rings. The fourth-order valence-corrected chi connectivity index (χ4v) is 3.39. The van der Waals surface area contributed by atoms with E-state index in [-0.39, 0.29) is 22.8 Å². The smallest absolute Gasteiger partial charge is 0.340 e. The van der Waals surface area contributed by atoms with Gasteiger partial charge in [-0.1, -0.05) is 12.1 Å². The molecule has 0 radical (unpaired) electrons. The number of hydrogen-bond donors (Lipinski definition) is 1. The molecule has 3 rings (SSSR count). The zero-order valence-corrected chi connectivity index (χ0v) is 17.3. The maximum absolute atomic E-state index is 13.2. The van der Waals surface area contributed by atoms with E-state index in [1.165, 1.54) is 18.8 Å². The van der Waals surface area contributed by atoms with Crippen molar-refractivity contribution in [3.63, 3.8) is 0 Å². The van der Waals surface area contributed by atoms with E-state index in [0.29, 0.717) is 10.9 Å². The SMILES string of the molecule is COC(=O)C1=C(NC(C)(C)C)Oc2c(c(=O)n(C)c3ccccc23)C1C(=O)OC. The number of para-hydroxylation sites is 1. The van der Waals surface area contributed by atoms with Crippen molar-refractivity contribution in [3.8, 4) is 5.75 Å². The number of benzene rings is 1. The summed E-state index contributed by atoms with van der Waals surface area (Å²) in [5, 5.41) is 3.75. The van der Waals surface area contributed by atoms with E-state index in [1.54, 1.807) is 31.3 Å². The number of carbonyl (C=O) groups excluding carboxylic acids is 2. The van der Waals surface area contributed by atoms with Crippen LogP contribution in [0.1, 0.15) is 32.3 Å². The molecule has 29 heavy (non-hydrogen) atoms. The van der Waals surface area contributed by atoms with Gasteiger partial charge in [-0.2, -0.15) is 0 Å². The molecule has 0 spiro atoms. The summed E-state index contributed by atoms with van der Waals surface area (Å²) >= 11 is 0. The summed E-state index contributed by atoms with van der Waals surface area (Å²) in [5.41, 5.74) is -0.378. The van der Waals surface area contributed by atoms with E-state index in [4.69, 9.17) is 14.2 Å². The average molecular weight is 400 g/mol. The molecule has 0 aliphatic carbocycles. The maximum atomic E-state index is 13.2. The first-order chi connectivity index (χ1) is 13.6. The van der Waals surface area contributed by atoms with E-state index < -0.39 is 29.0 Å². The van der Waals surface area contributed by atoms with Crippen LogP contribution in [0.2, 0.25) is 0 Å². The highest BCUT2D eigenvalue weighted by atomic mass is 16.5. The number of ether oxygens (including phenoxy) is 3. The molecule has 0 amide bonds. The molecule has 2 aromatic rings. The molecule has 1 aliphatic rings. The number of rotatable bonds is 3. The molecule has 1 unspecified atom stereocenters. The third-order valence-corrected chi connectivity index (χ3v) is 4.65. The number of aryl methyl sites for hydroxylation is 1. The van der Waals surface area contributed by atoms with Gasteiger partial charge in [0, 0.05) is 18.0 Å². The lowest BCUT2D eigenvalue weighted by molar-refractivity contribution is -0.145. The largest absolute Gasteiger partial charge is 0.468 e. The second-order valence-electron chi connectivity index (χ2n) is 7.79. The van der Waals surface area contributed by atoms with Crippen molar-refractivity contribution < 1.29 is 23.8 Å². The van der Waals surface area contributed by atoms with Gasteiger partial charge in [0.2, 0.25) is 5.88 Å². The Balaban J connectivity index is 2.43. The summed E-state index contributed by atoms with van der Waals surface area (Å²) in [7, 11) is 4.00. The average Bonchev–Trinajstić information content (AvgIpc) is 2.68. The van der Waals surface area contributed by atoms with Crippen LogP contribution >= 0.6 is 0 Å². The van der Waals surface area contributed by atoms with Crippen molar-refractivity contribution in [2.24, 2.45) is 7.05 Å². The van der Waals surface area contributed by atoms with E-state index in [2.05, 4.69) is 5.32 Å². The van der Waals surface area contributed by atoms with Crippen LogP contribution in [-0.4, -0.2) is 36.3 Å². The van der Waals surface area contributed by atoms with Gasteiger partial charge in [-0.15, -0.1) is 0 Å². The monoisotopic (exact) mass is 400 g/mol. The van der Waals surface area contributed by atoms with E-state index in [9.17, 15) is 14.4 Å². The quantitative estimate of drug-likeness (QED) is 0.787. The highest BCUT2D eigenvalue weighted by Crippen LogP contribution is 2.42. The molecule has 8 nitrogen and oxygen atoms in total. The molecule has 8 heteroatoms. The Bertz CT molecular complexity index is 1090. The number of esters is 2. The third kappa shape index (κ3) is 3.46. The Hall–Kier alpha value is -3.29. The second kappa shape index (κ2) is 7.27. The van der Waals surface area contributed by atoms with Crippen molar-refractivity contribution in [2.45, 2.75) is 32.2 Å². The van der Waals surface area contributed by atoms with Crippen LogP contribution in [0, 0.1) is 0 Å². The van der Waals surface area contributed by atoms with Gasteiger partial charge >= 0.3 is 11.9 Å². The van der Waals surface area contributed by atoms with Crippen molar-refractivity contribution >= 4 is 22.8 Å². The van der Waals surface area contributed by atoms with Crippen LogP contribution < -0.4 is 15.6 Å². The summed E-state index contributed by atoms with van der Waals surface area (Å²) < 4.78 is 17.3. The molecule has 0 bridgehead atoms. The molecule has 2 heterocycles. The minimum absolute atomic E-state index is 0.0397. The molecule has 154 valence electrons. The van der Waals surface area contributed by atoms with Crippen LogP contribution in [0.15, 0.2) is 40.5 Å². The number of fused-ring (bicyclic) bond motifs is 3. The zero-order chi connectivity index (χ0) is 21.5. The van der Waals surface area contributed by atoms with Gasteiger partial charge in [-0.05, 0) is 32.9 Å². The summed E-state index contributed by atoms with van der Waals surface area (Å²) in [6.07, 6.45) is 0. The van der Waals surface area contributed by atoms with Crippen LogP contribution in [0.4, 0.5) is 0 Å². The molecule has 1 aliphatic heterocycles. The molecule has 1 atom stereocenters. The van der Waals surface area contributed by atoms with Gasteiger partial charge in [0.25, 0.3) is 5.56 Å². The predicted molar refractivity (Wildman–Crippen MR) is 107 cm³/mol. The number of carbonyl (C=O) groups is 2. The molecular weight excluding hydrogens is 376 g/mol. The van der Waals surface area contributed by atoms with Crippen LogP contribution in [0.3, 0.4) is 0 Å². The van der Waals surface area contributed by atoms with Gasteiger partial charge in [-0.3, -0.25) is 9.59 Å². The molecule has 1 aromatic heterocycles. The molecule has 0 saturated carbocycles. The fourth-order valence-electron chi connectivity index (χ4n) is 3.39. The van der Waals surface area contributed by atoms with Gasteiger partial charge in [0.05, 0.1) is 25.3 Å². The van der Waals surface area contributed by atoms with Crippen molar-refractivity contribution in [1.82, 2.24) is 9.88 Å². The van der Waals surface area contributed by atoms with E-state index in [0.717, 1.165) is 0 Å². The minimum Gasteiger partial charge on any atom is -0.468 e. The summed E-state index contributed by atoms with van der Waals surface area (Å²) in [6.45, 7) is 5.63. The number of aromatic nitrogens is 1. The van der Waals surface area contributed by atoms with Crippen LogP contribution in [0.5, 0.6) is 5.75 Å².